The number of hydrogen-bond donors (Lipinski definition) is 2. The van der Waals surface area contributed by atoms with E-state index in [0.29, 0.717) is 6.42 Å². The number of hydrogen-bond acceptors (Lipinski definition) is 2. The summed E-state index contributed by atoms with van der Waals surface area (Å²) in [6.07, 6.45) is 4.31. The second kappa shape index (κ2) is 2.80. The summed E-state index contributed by atoms with van der Waals surface area (Å²) in [6, 6.07) is 0. The van der Waals surface area contributed by atoms with Gasteiger partial charge in [0.25, 0.3) is 0 Å². The summed E-state index contributed by atoms with van der Waals surface area (Å²) in [7, 11) is 0. The lowest BCUT2D eigenvalue weighted by molar-refractivity contribution is -0.0405. The van der Waals surface area contributed by atoms with E-state index in [1.807, 2.05) is 6.08 Å². The van der Waals surface area contributed by atoms with Gasteiger partial charge in [0.2, 0.25) is 0 Å². The van der Waals surface area contributed by atoms with Crippen molar-refractivity contribution in [3.63, 3.8) is 0 Å². The zero-order valence-corrected chi connectivity index (χ0v) is 6.75. The Bertz CT molecular complexity index is 192. The van der Waals surface area contributed by atoms with Crippen molar-refractivity contribution in [2.75, 3.05) is 0 Å². The van der Waals surface area contributed by atoms with E-state index < -0.39 is 11.7 Å². The maximum Gasteiger partial charge on any atom is 0.112 e. The molecule has 0 aromatic heterocycles. The molecule has 0 aromatic carbocycles. The van der Waals surface area contributed by atoms with Crippen LogP contribution in [-0.2, 0) is 0 Å². The maximum absolute atomic E-state index is 9.71. The Morgan fingerprint density at radius 1 is 1.82 bits per heavy atom. The molecule has 1 aliphatic carbocycles. The third-order valence-electron chi connectivity index (χ3n) is 2.26. The van der Waals surface area contributed by atoms with Gasteiger partial charge in [0.1, 0.15) is 5.60 Å². The van der Waals surface area contributed by atoms with Crippen molar-refractivity contribution in [3.8, 4) is 0 Å². The largest absolute Gasteiger partial charge is 0.390 e. The van der Waals surface area contributed by atoms with Crippen molar-refractivity contribution in [1.29, 1.82) is 0 Å². The topological polar surface area (TPSA) is 40.5 Å². The van der Waals surface area contributed by atoms with Crippen molar-refractivity contribution in [2.45, 2.75) is 31.5 Å². The summed E-state index contributed by atoms with van der Waals surface area (Å²) in [6.45, 7) is 5.19. The van der Waals surface area contributed by atoms with Gasteiger partial charge in [-0.15, -0.1) is 0 Å². The molecule has 1 rings (SSSR count). The van der Waals surface area contributed by atoms with Gasteiger partial charge < -0.3 is 10.2 Å². The van der Waals surface area contributed by atoms with E-state index in [1.165, 1.54) is 0 Å². The molecular weight excluding hydrogens is 140 g/mol. The van der Waals surface area contributed by atoms with Crippen LogP contribution in [0.3, 0.4) is 0 Å². The second-order valence-electron chi connectivity index (χ2n) is 3.10. The minimum atomic E-state index is -1.10. The van der Waals surface area contributed by atoms with E-state index in [2.05, 4.69) is 6.58 Å². The van der Waals surface area contributed by atoms with Gasteiger partial charge in [-0.3, -0.25) is 0 Å². The molecule has 0 unspecified atom stereocenters. The first-order chi connectivity index (χ1) is 5.09. The number of aliphatic hydroxyl groups excluding tert-OH is 1. The Kier molecular flexibility index (Phi) is 2.16. The minimum Gasteiger partial charge on any atom is -0.390 e. The van der Waals surface area contributed by atoms with Crippen molar-refractivity contribution in [2.24, 2.45) is 0 Å². The highest BCUT2D eigenvalue weighted by atomic mass is 16.3. The Labute approximate surface area is 66.9 Å². The molecule has 62 valence electrons. The van der Waals surface area contributed by atoms with Gasteiger partial charge in [-0.25, -0.2) is 0 Å². The lowest BCUT2D eigenvalue weighted by Gasteiger charge is -2.33. The second-order valence-corrected chi connectivity index (χ2v) is 3.10. The fraction of sp³-hybridized carbons (Fsp3) is 0.556. The Balaban J connectivity index is 2.92. The molecule has 2 N–H and O–H groups in total. The lowest BCUT2D eigenvalue weighted by Crippen LogP contribution is -2.42. The average molecular weight is 154 g/mol. The molecule has 2 atom stereocenters. The summed E-state index contributed by atoms with van der Waals surface area (Å²) in [4.78, 5) is 0. The molecule has 0 fully saturated rings. The third kappa shape index (κ3) is 1.37. The number of aliphatic hydroxyl groups is 2. The van der Waals surface area contributed by atoms with Gasteiger partial charge in [-0.2, -0.15) is 0 Å². The molecule has 0 heterocycles. The Morgan fingerprint density at radius 3 is 2.91 bits per heavy atom. The molecule has 0 bridgehead atoms. The summed E-state index contributed by atoms with van der Waals surface area (Å²) in [5.74, 6) is 0. The van der Waals surface area contributed by atoms with Crippen LogP contribution in [0.2, 0.25) is 0 Å². The van der Waals surface area contributed by atoms with Crippen LogP contribution in [-0.4, -0.2) is 21.9 Å². The Morgan fingerprint density at radius 2 is 2.45 bits per heavy atom. The third-order valence-corrected chi connectivity index (χ3v) is 2.26. The summed E-state index contributed by atoms with van der Waals surface area (Å²) >= 11 is 0. The van der Waals surface area contributed by atoms with Crippen LogP contribution in [0.4, 0.5) is 0 Å². The fourth-order valence-corrected chi connectivity index (χ4v) is 1.37. The van der Waals surface area contributed by atoms with Crippen LogP contribution in [0.1, 0.15) is 19.8 Å². The molecule has 0 saturated heterocycles. The fourth-order valence-electron chi connectivity index (χ4n) is 1.37. The molecule has 0 aromatic rings. The van der Waals surface area contributed by atoms with Crippen LogP contribution >= 0.6 is 0 Å². The van der Waals surface area contributed by atoms with Crippen molar-refractivity contribution in [3.05, 3.63) is 24.3 Å². The predicted octanol–water partition coefficient (Wildman–Crippen LogP) is 1.00. The summed E-state index contributed by atoms with van der Waals surface area (Å²) in [5, 5.41) is 19.1. The summed E-state index contributed by atoms with van der Waals surface area (Å²) in [5.41, 5.74) is -0.365. The molecule has 0 spiro atoms. The average Bonchev–Trinajstić information content (AvgIpc) is 1.95. The molecule has 2 nitrogen and oxygen atoms in total. The molecule has 0 aliphatic heterocycles. The molecule has 1 aliphatic rings. The first-order valence-corrected chi connectivity index (χ1v) is 3.82. The maximum atomic E-state index is 9.71. The van der Waals surface area contributed by atoms with E-state index in [4.69, 9.17) is 0 Å². The molecule has 0 amide bonds. The van der Waals surface area contributed by atoms with E-state index >= 15 is 0 Å². The lowest BCUT2D eigenvalue weighted by atomic mass is 9.82. The smallest absolute Gasteiger partial charge is 0.112 e. The molecule has 0 radical (unpaired) electrons. The quantitative estimate of drug-likeness (QED) is 0.591. The van der Waals surface area contributed by atoms with Gasteiger partial charge in [0.05, 0.1) is 6.10 Å². The summed E-state index contributed by atoms with van der Waals surface area (Å²) < 4.78 is 0. The molecule has 0 saturated carbocycles. The number of allylic oxidation sites excluding steroid dienone is 1. The van der Waals surface area contributed by atoms with Gasteiger partial charge in [-0.05, 0) is 25.3 Å². The van der Waals surface area contributed by atoms with Crippen LogP contribution < -0.4 is 0 Å². The standard InChI is InChI=1S/C9H14O2/c1-3-7-5-4-6-8(10)9(7,2)11/h3,5,8,10-11H,1,4,6H2,2H3/t8-,9+/m0/s1. The van der Waals surface area contributed by atoms with E-state index in [-0.39, 0.29) is 0 Å². The highest BCUT2D eigenvalue weighted by Gasteiger charge is 2.34. The van der Waals surface area contributed by atoms with Gasteiger partial charge in [0, 0.05) is 0 Å². The monoisotopic (exact) mass is 154 g/mol. The van der Waals surface area contributed by atoms with Crippen LogP contribution in [0.5, 0.6) is 0 Å². The van der Waals surface area contributed by atoms with Crippen molar-refractivity contribution < 1.29 is 10.2 Å². The molecule has 11 heavy (non-hydrogen) atoms. The Hall–Kier alpha value is -0.600. The highest BCUT2D eigenvalue weighted by molar-refractivity contribution is 5.30. The molecule has 2 heteroatoms. The zero-order valence-electron chi connectivity index (χ0n) is 6.75. The van der Waals surface area contributed by atoms with E-state index in [9.17, 15) is 10.2 Å². The number of rotatable bonds is 1. The van der Waals surface area contributed by atoms with Crippen LogP contribution in [0.15, 0.2) is 24.3 Å². The SMILES string of the molecule is C=CC1=CCC[C@H](O)[C@]1(C)O. The van der Waals surface area contributed by atoms with Gasteiger partial charge >= 0.3 is 0 Å². The van der Waals surface area contributed by atoms with Gasteiger partial charge in [0.15, 0.2) is 0 Å². The van der Waals surface area contributed by atoms with Crippen molar-refractivity contribution in [1.82, 2.24) is 0 Å². The van der Waals surface area contributed by atoms with Gasteiger partial charge in [-0.1, -0.05) is 18.7 Å². The van der Waals surface area contributed by atoms with Crippen LogP contribution in [0, 0.1) is 0 Å². The van der Waals surface area contributed by atoms with Crippen LogP contribution in [0.25, 0.3) is 0 Å². The van der Waals surface area contributed by atoms with E-state index in [1.54, 1.807) is 13.0 Å². The predicted molar refractivity (Wildman–Crippen MR) is 44.1 cm³/mol. The van der Waals surface area contributed by atoms with Crippen molar-refractivity contribution >= 4 is 0 Å². The first-order valence-electron chi connectivity index (χ1n) is 3.82. The van der Waals surface area contributed by atoms with E-state index in [0.717, 1.165) is 12.0 Å². The minimum absolute atomic E-state index is 0.629. The molecular formula is C9H14O2. The zero-order chi connectivity index (χ0) is 8.48. The highest BCUT2D eigenvalue weighted by Crippen LogP contribution is 2.29. The first kappa shape index (κ1) is 8.50. The normalized spacial score (nSPS) is 38.1.